The molecule has 1 N–H and O–H groups in total. The Kier molecular flexibility index (Phi) is 5.62. The van der Waals surface area contributed by atoms with Gasteiger partial charge in [0.1, 0.15) is 6.04 Å². The van der Waals surface area contributed by atoms with Crippen LogP contribution in [0.15, 0.2) is 48.8 Å². The minimum absolute atomic E-state index is 0.0324. The molecule has 0 saturated carbocycles. The van der Waals surface area contributed by atoms with E-state index < -0.39 is 11.9 Å². The molecule has 0 bridgehead atoms. The zero-order chi connectivity index (χ0) is 22.0. The van der Waals surface area contributed by atoms with Crippen LogP contribution < -0.4 is 15.0 Å². The summed E-state index contributed by atoms with van der Waals surface area (Å²) in [5, 5.41) is 2.81. The molecular weight excluding hydrogens is 394 g/mol. The summed E-state index contributed by atoms with van der Waals surface area (Å²) >= 11 is 0. The number of ether oxygens (including phenoxy) is 1. The number of rotatable bonds is 4. The highest BCUT2D eigenvalue weighted by Crippen LogP contribution is 2.28. The zero-order valence-electron chi connectivity index (χ0n) is 17.6. The largest absolute Gasteiger partial charge is 0.481 e. The fourth-order valence-electron chi connectivity index (χ4n) is 3.65. The van der Waals surface area contributed by atoms with Crippen LogP contribution in [0.5, 0.6) is 5.88 Å². The number of likely N-dealkylation sites (N-methyl/N-ethyl adjacent to an activating group) is 1. The molecular formula is C23H23N5O3. The molecule has 2 amide bonds. The lowest BCUT2D eigenvalue weighted by molar-refractivity contribution is -0.120. The van der Waals surface area contributed by atoms with Crippen molar-refractivity contribution in [2.24, 2.45) is 0 Å². The number of carbonyl (C=O) groups excluding carboxylic acids is 2. The van der Waals surface area contributed by atoms with Gasteiger partial charge in [0.05, 0.1) is 24.7 Å². The van der Waals surface area contributed by atoms with Crippen molar-refractivity contribution in [1.29, 1.82) is 0 Å². The lowest BCUT2D eigenvalue weighted by Crippen LogP contribution is -2.47. The molecule has 3 aromatic rings. The fraction of sp³-hybridized carbons (Fsp3) is 0.261. The van der Waals surface area contributed by atoms with Gasteiger partial charge in [0.15, 0.2) is 0 Å². The molecule has 1 atom stereocenters. The van der Waals surface area contributed by atoms with Gasteiger partial charge in [-0.15, -0.1) is 0 Å². The van der Waals surface area contributed by atoms with E-state index in [1.165, 1.54) is 4.90 Å². The predicted molar refractivity (Wildman–Crippen MR) is 116 cm³/mol. The Morgan fingerprint density at radius 1 is 1.19 bits per heavy atom. The van der Waals surface area contributed by atoms with Crippen LogP contribution in [0.1, 0.15) is 28.2 Å². The summed E-state index contributed by atoms with van der Waals surface area (Å²) in [5.74, 6) is -0.173. The van der Waals surface area contributed by atoms with Crippen molar-refractivity contribution in [3.63, 3.8) is 0 Å². The lowest BCUT2D eigenvalue weighted by Gasteiger charge is -2.21. The van der Waals surface area contributed by atoms with E-state index in [-0.39, 0.29) is 11.7 Å². The van der Waals surface area contributed by atoms with Crippen molar-refractivity contribution in [1.82, 2.24) is 20.3 Å². The van der Waals surface area contributed by atoms with Gasteiger partial charge in [-0.1, -0.05) is 30.3 Å². The van der Waals surface area contributed by atoms with Crippen LogP contribution >= 0.6 is 0 Å². The highest BCUT2D eigenvalue weighted by atomic mass is 16.5. The topological polar surface area (TPSA) is 97.3 Å². The number of nitrogens with one attached hydrogen (secondary N) is 1. The van der Waals surface area contributed by atoms with Crippen LogP contribution in [0.25, 0.3) is 11.3 Å². The van der Waals surface area contributed by atoms with Crippen molar-refractivity contribution in [2.75, 3.05) is 19.1 Å². The van der Waals surface area contributed by atoms with Crippen LogP contribution in [0.3, 0.4) is 0 Å². The number of anilines is 1. The molecule has 31 heavy (non-hydrogen) atoms. The number of hydrogen-bond donors (Lipinski definition) is 1. The Morgan fingerprint density at radius 3 is 2.71 bits per heavy atom. The molecule has 0 radical (unpaired) electrons. The first-order chi connectivity index (χ1) is 15.0. The molecule has 2 aromatic heterocycles. The van der Waals surface area contributed by atoms with Gasteiger partial charge in [0.25, 0.3) is 5.91 Å². The Bertz CT molecular complexity index is 1130. The first kappa shape index (κ1) is 20.5. The van der Waals surface area contributed by atoms with E-state index in [0.29, 0.717) is 30.1 Å². The van der Waals surface area contributed by atoms with Crippen LogP contribution in [0.2, 0.25) is 0 Å². The highest BCUT2D eigenvalue weighted by Gasteiger charge is 2.30. The summed E-state index contributed by atoms with van der Waals surface area (Å²) in [4.78, 5) is 40.3. The molecule has 3 heterocycles. The maximum atomic E-state index is 13.0. The van der Waals surface area contributed by atoms with Crippen LogP contribution in [-0.2, 0) is 11.2 Å². The lowest BCUT2D eigenvalue weighted by atomic mass is 10.1. The van der Waals surface area contributed by atoms with Gasteiger partial charge >= 0.3 is 0 Å². The van der Waals surface area contributed by atoms with E-state index in [9.17, 15) is 9.59 Å². The minimum Gasteiger partial charge on any atom is -0.481 e. The zero-order valence-corrected chi connectivity index (χ0v) is 17.6. The molecule has 158 valence electrons. The Labute approximate surface area is 180 Å². The number of aryl methyl sites for hydroxylation is 2. The van der Waals surface area contributed by atoms with Gasteiger partial charge in [-0.05, 0) is 30.9 Å². The molecule has 1 unspecified atom stereocenters. The second-order valence-electron chi connectivity index (χ2n) is 7.41. The standard InChI is InChI=1S/C23H23N5O3/c1-14-12-25-21(27-20(14)15-7-5-4-6-8-15)22(29)26-17-10-9-16-11-19(31-3)24-13-18(16)28(2)23(17)30/h4-8,11-13,17H,9-10H2,1-3H3,(H,26,29). The van der Waals surface area contributed by atoms with Gasteiger partial charge in [0, 0.05) is 24.9 Å². The molecule has 8 heteroatoms. The smallest absolute Gasteiger partial charge is 0.289 e. The molecule has 0 saturated heterocycles. The minimum atomic E-state index is -0.694. The third-order valence-electron chi connectivity index (χ3n) is 5.37. The highest BCUT2D eigenvalue weighted by molar-refractivity contribution is 6.02. The molecule has 1 aliphatic heterocycles. The number of nitrogens with zero attached hydrogens (tertiary/aromatic N) is 4. The van der Waals surface area contributed by atoms with Gasteiger partial charge in [-0.3, -0.25) is 9.59 Å². The summed E-state index contributed by atoms with van der Waals surface area (Å²) in [6.07, 6.45) is 4.29. The number of amides is 2. The molecule has 1 aromatic carbocycles. The van der Waals surface area contributed by atoms with Crippen molar-refractivity contribution < 1.29 is 14.3 Å². The summed E-state index contributed by atoms with van der Waals surface area (Å²) in [7, 11) is 3.23. The van der Waals surface area contributed by atoms with Crippen LogP contribution in [0.4, 0.5) is 5.69 Å². The molecule has 4 rings (SSSR count). The predicted octanol–water partition coefficient (Wildman–Crippen LogP) is 2.56. The van der Waals surface area contributed by atoms with Crippen molar-refractivity contribution >= 4 is 17.5 Å². The van der Waals surface area contributed by atoms with E-state index in [4.69, 9.17) is 4.74 Å². The van der Waals surface area contributed by atoms with E-state index in [1.54, 1.807) is 26.6 Å². The van der Waals surface area contributed by atoms with Gasteiger partial charge in [0.2, 0.25) is 17.6 Å². The van der Waals surface area contributed by atoms with E-state index >= 15 is 0 Å². The van der Waals surface area contributed by atoms with Crippen molar-refractivity contribution in [3.8, 4) is 17.1 Å². The van der Waals surface area contributed by atoms with Crippen molar-refractivity contribution in [2.45, 2.75) is 25.8 Å². The summed E-state index contributed by atoms with van der Waals surface area (Å²) in [6.45, 7) is 1.90. The monoisotopic (exact) mass is 417 g/mol. The average molecular weight is 417 g/mol. The SMILES string of the molecule is COc1cc2c(cn1)N(C)C(=O)C(NC(=O)c1ncc(C)c(-c3ccccc3)n1)CC2. The maximum absolute atomic E-state index is 13.0. The average Bonchev–Trinajstić information content (AvgIpc) is 2.91. The Morgan fingerprint density at radius 2 is 1.97 bits per heavy atom. The normalized spacial score (nSPS) is 15.8. The van der Waals surface area contributed by atoms with Gasteiger partial charge in [-0.25, -0.2) is 15.0 Å². The number of pyridine rings is 1. The number of fused-ring (bicyclic) bond motifs is 1. The molecule has 0 aliphatic carbocycles. The fourth-order valence-corrected chi connectivity index (χ4v) is 3.65. The number of methoxy groups -OCH3 is 1. The number of carbonyl (C=O) groups is 2. The number of benzene rings is 1. The van der Waals surface area contributed by atoms with E-state index in [1.807, 2.05) is 43.3 Å². The van der Waals surface area contributed by atoms with Crippen LogP contribution in [0, 0.1) is 6.92 Å². The van der Waals surface area contributed by atoms with Crippen LogP contribution in [-0.4, -0.2) is 47.0 Å². The van der Waals surface area contributed by atoms with Gasteiger partial charge in [-0.2, -0.15) is 0 Å². The Hall–Kier alpha value is -3.81. The molecule has 0 spiro atoms. The van der Waals surface area contributed by atoms with E-state index in [2.05, 4.69) is 20.3 Å². The number of hydrogen-bond acceptors (Lipinski definition) is 6. The summed E-state index contributed by atoms with van der Waals surface area (Å²) in [6, 6.07) is 10.7. The maximum Gasteiger partial charge on any atom is 0.289 e. The van der Waals surface area contributed by atoms with Gasteiger partial charge < -0.3 is 15.0 Å². The molecule has 0 fully saturated rings. The second kappa shape index (κ2) is 8.51. The third kappa shape index (κ3) is 4.09. The summed E-state index contributed by atoms with van der Waals surface area (Å²) in [5.41, 5.74) is 4.11. The molecule has 1 aliphatic rings. The Balaban J connectivity index is 1.56. The first-order valence-corrected chi connectivity index (χ1v) is 9.98. The first-order valence-electron chi connectivity index (χ1n) is 9.98. The second-order valence-corrected chi connectivity index (χ2v) is 7.41. The van der Waals surface area contributed by atoms with E-state index in [0.717, 1.165) is 16.7 Å². The number of aromatic nitrogens is 3. The summed E-state index contributed by atoms with van der Waals surface area (Å²) < 4.78 is 5.19. The third-order valence-corrected chi connectivity index (χ3v) is 5.37. The quantitative estimate of drug-likeness (QED) is 0.701. The van der Waals surface area contributed by atoms with Crippen molar-refractivity contribution in [3.05, 3.63) is 65.7 Å². The molecule has 8 nitrogen and oxygen atoms in total.